The Labute approximate surface area is 98.5 Å². The van der Waals surface area contributed by atoms with Gasteiger partial charge in [-0.1, -0.05) is 0 Å². The van der Waals surface area contributed by atoms with Gasteiger partial charge in [-0.15, -0.1) is 0 Å². The van der Waals surface area contributed by atoms with Crippen LogP contribution in [0.15, 0.2) is 0 Å². The molecule has 0 heterocycles. The lowest BCUT2D eigenvalue weighted by Gasteiger charge is -2.34. The van der Waals surface area contributed by atoms with Gasteiger partial charge >= 0.3 is 0 Å². The molecule has 0 aromatic heterocycles. The maximum Gasteiger partial charge on any atom is 0.123 e. The molecule has 16 heavy (non-hydrogen) atoms. The Balaban J connectivity index is 2.50. The molecule has 0 N–H and O–H groups in total. The van der Waals surface area contributed by atoms with E-state index in [1.165, 1.54) is 0 Å². The van der Waals surface area contributed by atoms with Gasteiger partial charge in [0.1, 0.15) is 6.29 Å². The van der Waals surface area contributed by atoms with E-state index in [0.29, 0.717) is 0 Å². The molecule has 0 aliphatic heterocycles. The quantitative estimate of drug-likeness (QED) is 0.678. The van der Waals surface area contributed by atoms with E-state index < -0.39 is 0 Å². The fourth-order valence-electron chi connectivity index (χ4n) is 2.36. The molecule has 0 saturated heterocycles. The minimum absolute atomic E-state index is 0.0984. The highest BCUT2D eigenvalue weighted by Crippen LogP contribution is 2.28. The molecule has 94 valence electrons. The van der Waals surface area contributed by atoms with E-state index in [0.717, 1.165) is 25.5 Å². The molecule has 1 rings (SSSR count). The molecule has 2 atom stereocenters. The average molecular weight is 228 g/mol. The molecule has 1 fully saturated rings. The molecule has 3 nitrogen and oxygen atoms in total. The second-order valence-corrected chi connectivity index (χ2v) is 5.22. The molecule has 1 saturated carbocycles. The van der Waals surface area contributed by atoms with Gasteiger partial charge in [0.2, 0.25) is 0 Å². The van der Waals surface area contributed by atoms with Crippen molar-refractivity contribution in [3.8, 4) is 0 Å². The lowest BCUT2D eigenvalue weighted by molar-refractivity contribution is -0.123. The number of rotatable bonds is 5. The van der Waals surface area contributed by atoms with Gasteiger partial charge in [-0.25, -0.2) is 0 Å². The zero-order valence-corrected chi connectivity index (χ0v) is 10.8. The summed E-state index contributed by atoms with van der Waals surface area (Å²) in [5.41, 5.74) is 0. The number of hydrogen-bond donors (Lipinski definition) is 0. The third kappa shape index (κ3) is 4.62. The van der Waals surface area contributed by atoms with Crippen molar-refractivity contribution in [1.29, 1.82) is 0 Å². The van der Waals surface area contributed by atoms with Gasteiger partial charge in [0.25, 0.3) is 0 Å². The summed E-state index contributed by atoms with van der Waals surface area (Å²) in [4.78, 5) is 10.9. The van der Waals surface area contributed by atoms with Gasteiger partial charge in [0.05, 0.1) is 24.4 Å². The first kappa shape index (κ1) is 13.7. The zero-order chi connectivity index (χ0) is 12.1. The van der Waals surface area contributed by atoms with Crippen LogP contribution in [-0.4, -0.2) is 30.7 Å². The maximum absolute atomic E-state index is 10.9. The van der Waals surface area contributed by atoms with Gasteiger partial charge in [-0.3, -0.25) is 0 Å². The molecule has 0 aromatic carbocycles. The molecule has 0 radical (unpaired) electrons. The summed E-state index contributed by atoms with van der Waals surface area (Å²) in [6, 6.07) is 0. The molecule has 0 spiro atoms. The van der Waals surface area contributed by atoms with Gasteiger partial charge in [0.15, 0.2) is 0 Å². The third-order valence-corrected chi connectivity index (χ3v) is 2.78. The van der Waals surface area contributed by atoms with E-state index in [1.54, 1.807) is 0 Å². The van der Waals surface area contributed by atoms with Crippen LogP contribution in [0.25, 0.3) is 0 Å². The van der Waals surface area contributed by atoms with E-state index in [1.807, 2.05) is 27.7 Å². The minimum Gasteiger partial charge on any atom is -0.375 e. The van der Waals surface area contributed by atoms with Crippen molar-refractivity contribution in [2.24, 2.45) is 5.92 Å². The molecule has 2 unspecified atom stereocenters. The van der Waals surface area contributed by atoms with Crippen molar-refractivity contribution >= 4 is 6.29 Å². The van der Waals surface area contributed by atoms with Crippen molar-refractivity contribution < 1.29 is 14.3 Å². The van der Waals surface area contributed by atoms with Gasteiger partial charge < -0.3 is 14.3 Å². The van der Waals surface area contributed by atoms with Crippen LogP contribution in [0.4, 0.5) is 0 Å². The van der Waals surface area contributed by atoms with Crippen molar-refractivity contribution in [3.05, 3.63) is 0 Å². The number of aldehydes is 1. The normalized spacial score (nSPS) is 31.0. The fraction of sp³-hybridized carbons (Fsp3) is 0.923. The first-order valence-electron chi connectivity index (χ1n) is 6.27. The Morgan fingerprint density at radius 1 is 0.938 bits per heavy atom. The molecule has 1 aliphatic rings. The van der Waals surface area contributed by atoms with Crippen LogP contribution >= 0.6 is 0 Å². The average Bonchev–Trinajstić information content (AvgIpc) is 2.14. The minimum atomic E-state index is 0.0984. The molecule has 0 aromatic rings. The van der Waals surface area contributed by atoms with Gasteiger partial charge in [0, 0.05) is 5.92 Å². The Kier molecular flexibility index (Phi) is 5.42. The summed E-state index contributed by atoms with van der Waals surface area (Å²) in [5.74, 6) is 0.0984. The van der Waals surface area contributed by atoms with E-state index in [9.17, 15) is 4.79 Å². The number of ether oxygens (including phenoxy) is 2. The van der Waals surface area contributed by atoms with Crippen LogP contribution in [0.3, 0.4) is 0 Å². The highest BCUT2D eigenvalue weighted by Gasteiger charge is 2.30. The Morgan fingerprint density at radius 2 is 1.38 bits per heavy atom. The Bertz CT molecular complexity index is 195. The summed E-state index contributed by atoms with van der Waals surface area (Å²) in [6.07, 6.45) is 4.44. The fourth-order valence-corrected chi connectivity index (χ4v) is 2.36. The molecular formula is C13H24O3. The second-order valence-electron chi connectivity index (χ2n) is 5.22. The standard InChI is InChI=1S/C13H24O3/c1-9(2)15-12-5-11(8-14)6-13(7-12)16-10(3)4/h8-13H,5-7H2,1-4H3. The smallest absolute Gasteiger partial charge is 0.123 e. The number of carbonyl (C=O) groups is 1. The Hall–Kier alpha value is -0.410. The van der Waals surface area contributed by atoms with Crippen molar-refractivity contribution in [3.63, 3.8) is 0 Å². The second kappa shape index (κ2) is 6.36. The molecular weight excluding hydrogens is 204 g/mol. The summed E-state index contributed by atoms with van der Waals surface area (Å²) in [7, 11) is 0. The van der Waals surface area contributed by atoms with Gasteiger partial charge in [-0.2, -0.15) is 0 Å². The first-order chi connectivity index (χ1) is 7.51. The van der Waals surface area contributed by atoms with Crippen LogP contribution < -0.4 is 0 Å². The van der Waals surface area contributed by atoms with E-state index >= 15 is 0 Å². The van der Waals surface area contributed by atoms with Gasteiger partial charge in [-0.05, 0) is 47.0 Å². The highest BCUT2D eigenvalue weighted by molar-refractivity contribution is 5.53. The summed E-state index contributed by atoms with van der Waals surface area (Å²) in [6.45, 7) is 8.12. The van der Waals surface area contributed by atoms with Crippen LogP contribution in [0.1, 0.15) is 47.0 Å². The molecule has 0 amide bonds. The SMILES string of the molecule is CC(C)OC1CC(C=O)CC(OC(C)C)C1. The zero-order valence-electron chi connectivity index (χ0n) is 10.8. The van der Waals surface area contributed by atoms with E-state index in [2.05, 4.69) is 0 Å². The topological polar surface area (TPSA) is 35.5 Å². The van der Waals surface area contributed by atoms with Crippen molar-refractivity contribution in [2.75, 3.05) is 0 Å². The highest BCUT2D eigenvalue weighted by atomic mass is 16.5. The maximum atomic E-state index is 10.9. The number of hydrogen-bond acceptors (Lipinski definition) is 3. The monoisotopic (exact) mass is 228 g/mol. The van der Waals surface area contributed by atoms with Crippen molar-refractivity contribution in [2.45, 2.75) is 71.4 Å². The Morgan fingerprint density at radius 3 is 1.69 bits per heavy atom. The molecule has 3 heteroatoms. The molecule has 0 bridgehead atoms. The van der Waals surface area contributed by atoms with Crippen molar-refractivity contribution in [1.82, 2.24) is 0 Å². The van der Waals surface area contributed by atoms with Crippen LogP contribution in [0.2, 0.25) is 0 Å². The lowest BCUT2D eigenvalue weighted by Crippen LogP contribution is -2.36. The summed E-state index contributed by atoms with van der Waals surface area (Å²) >= 11 is 0. The summed E-state index contributed by atoms with van der Waals surface area (Å²) < 4.78 is 11.6. The first-order valence-corrected chi connectivity index (χ1v) is 6.27. The van der Waals surface area contributed by atoms with Crippen LogP contribution in [-0.2, 0) is 14.3 Å². The van der Waals surface area contributed by atoms with E-state index in [-0.39, 0.29) is 30.3 Å². The molecule has 1 aliphatic carbocycles. The van der Waals surface area contributed by atoms with Crippen LogP contribution in [0, 0.1) is 5.92 Å². The lowest BCUT2D eigenvalue weighted by atomic mass is 9.86. The summed E-state index contributed by atoms with van der Waals surface area (Å²) in [5, 5.41) is 0. The predicted molar refractivity (Wildman–Crippen MR) is 63.4 cm³/mol. The predicted octanol–water partition coefficient (Wildman–Crippen LogP) is 2.57. The number of carbonyl (C=O) groups excluding carboxylic acids is 1. The van der Waals surface area contributed by atoms with Crippen LogP contribution in [0.5, 0.6) is 0 Å². The third-order valence-electron chi connectivity index (χ3n) is 2.78. The van der Waals surface area contributed by atoms with E-state index in [4.69, 9.17) is 9.47 Å². The largest absolute Gasteiger partial charge is 0.375 e.